The van der Waals surface area contributed by atoms with Gasteiger partial charge in [0.25, 0.3) is 5.97 Å². The van der Waals surface area contributed by atoms with E-state index in [0.29, 0.717) is 6.10 Å². The van der Waals surface area contributed by atoms with Crippen LogP contribution in [0.4, 0.5) is 0 Å². The van der Waals surface area contributed by atoms with Gasteiger partial charge in [-0.1, -0.05) is 90.4 Å². The minimum absolute atomic E-state index is 0.391. The zero-order valence-electron chi connectivity index (χ0n) is 16.1. The van der Waals surface area contributed by atoms with E-state index >= 15 is 0 Å². The highest BCUT2D eigenvalue weighted by molar-refractivity contribution is 5.62. The van der Waals surface area contributed by atoms with Crippen molar-refractivity contribution in [2.24, 2.45) is 0 Å². The molecule has 4 heteroatoms. The summed E-state index contributed by atoms with van der Waals surface area (Å²) < 4.78 is 0. The van der Waals surface area contributed by atoms with Crippen LogP contribution in [0.3, 0.4) is 0 Å². The molecule has 0 aromatic heterocycles. The molecule has 0 aliphatic carbocycles. The maximum atomic E-state index is 9.00. The Morgan fingerprint density at radius 1 is 0.875 bits per heavy atom. The number of hydrogen-bond donors (Lipinski definition) is 1. The molecule has 1 fully saturated rings. The lowest BCUT2D eigenvalue weighted by Gasteiger charge is -2.06. The van der Waals surface area contributed by atoms with E-state index in [2.05, 4.69) is 6.92 Å². The fourth-order valence-electron chi connectivity index (χ4n) is 2.95. The molecule has 1 saturated heterocycles. The van der Waals surface area contributed by atoms with E-state index in [4.69, 9.17) is 19.7 Å². The van der Waals surface area contributed by atoms with Gasteiger partial charge in [0.15, 0.2) is 0 Å². The van der Waals surface area contributed by atoms with Gasteiger partial charge in [-0.2, -0.15) is 0 Å². The lowest BCUT2D eigenvalue weighted by Crippen LogP contribution is -2.03. The second-order valence-corrected chi connectivity index (χ2v) is 6.88. The van der Waals surface area contributed by atoms with E-state index in [1.165, 1.54) is 89.9 Å². The minimum Gasteiger partial charge on any atom is -0.481 e. The summed E-state index contributed by atoms with van der Waals surface area (Å²) in [6.45, 7) is 4.16. The molecule has 0 aromatic rings. The van der Waals surface area contributed by atoms with Crippen LogP contribution >= 0.6 is 0 Å². The number of aliphatic carboxylic acids is 1. The number of carboxylic acid groups (broad SMARTS) is 1. The molecule has 1 atom stereocenters. The normalized spacial score (nSPS) is 16.7. The van der Waals surface area contributed by atoms with Crippen molar-refractivity contribution >= 4 is 5.97 Å². The fraction of sp³-hybridized carbons (Fsp3) is 0.950. The van der Waals surface area contributed by atoms with Gasteiger partial charge >= 0.3 is 0 Å². The van der Waals surface area contributed by atoms with Crippen LogP contribution in [0, 0.1) is 0 Å². The predicted octanol–water partition coefficient (Wildman–Crippen LogP) is 6.28. The Hall–Kier alpha value is -0.610. The third-order valence-electron chi connectivity index (χ3n) is 4.36. The topological polar surface area (TPSA) is 55.8 Å². The average molecular weight is 345 g/mol. The quantitative estimate of drug-likeness (QED) is 0.297. The number of hydrogen-bond acceptors (Lipinski definition) is 3. The van der Waals surface area contributed by atoms with E-state index in [1.54, 1.807) is 0 Å². The van der Waals surface area contributed by atoms with Crippen molar-refractivity contribution in [3.8, 4) is 0 Å². The van der Waals surface area contributed by atoms with E-state index in [0.717, 1.165) is 20.0 Å². The second-order valence-electron chi connectivity index (χ2n) is 6.88. The Morgan fingerprint density at radius 2 is 1.29 bits per heavy atom. The zero-order chi connectivity index (χ0) is 17.9. The molecule has 0 saturated carbocycles. The molecule has 0 aromatic carbocycles. The maximum absolute atomic E-state index is 9.00. The summed E-state index contributed by atoms with van der Waals surface area (Å²) >= 11 is 0. The number of carbonyl (C=O) groups is 1. The minimum atomic E-state index is -0.833. The van der Waals surface area contributed by atoms with E-state index in [1.807, 2.05) is 0 Å². The second kappa shape index (κ2) is 18.7. The molecule has 1 aliphatic rings. The molecule has 0 spiro atoms. The fourth-order valence-corrected chi connectivity index (χ4v) is 2.95. The maximum Gasteiger partial charge on any atom is 0.300 e. The Balaban J connectivity index is 0.00000118. The molecule has 0 radical (unpaired) electrons. The molecule has 144 valence electrons. The first-order chi connectivity index (χ1) is 11.7. The van der Waals surface area contributed by atoms with Crippen LogP contribution in [0.2, 0.25) is 0 Å². The summed E-state index contributed by atoms with van der Waals surface area (Å²) in [7, 11) is 0. The van der Waals surface area contributed by atoms with Crippen molar-refractivity contribution in [1.82, 2.24) is 0 Å². The lowest BCUT2D eigenvalue weighted by molar-refractivity contribution is -0.275. The molecule has 1 unspecified atom stereocenters. The molecule has 1 aliphatic heterocycles. The molecule has 4 nitrogen and oxygen atoms in total. The monoisotopic (exact) mass is 344 g/mol. The van der Waals surface area contributed by atoms with Crippen molar-refractivity contribution in [3.05, 3.63) is 0 Å². The van der Waals surface area contributed by atoms with Crippen LogP contribution in [0.15, 0.2) is 0 Å². The van der Waals surface area contributed by atoms with Crippen LogP contribution in [0.5, 0.6) is 0 Å². The molecule has 0 amide bonds. The predicted molar refractivity (Wildman–Crippen MR) is 99.1 cm³/mol. The first-order valence-electron chi connectivity index (χ1n) is 10.1. The SMILES string of the molecule is CC(=O)O.CCCCCCCCCCCCCCCC1CCOO1. The Labute approximate surface area is 149 Å². The van der Waals surface area contributed by atoms with Crippen molar-refractivity contribution in [2.75, 3.05) is 6.61 Å². The molecular weight excluding hydrogens is 304 g/mol. The number of unbranched alkanes of at least 4 members (excludes halogenated alkanes) is 12. The first-order valence-corrected chi connectivity index (χ1v) is 10.1. The third kappa shape index (κ3) is 19.4. The highest BCUT2D eigenvalue weighted by Gasteiger charge is 2.15. The van der Waals surface area contributed by atoms with Crippen LogP contribution in [-0.2, 0) is 14.6 Å². The first kappa shape index (κ1) is 23.4. The zero-order valence-corrected chi connectivity index (χ0v) is 16.1. The molecule has 1 N–H and O–H groups in total. The van der Waals surface area contributed by atoms with Crippen LogP contribution in [0.25, 0.3) is 0 Å². The smallest absolute Gasteiger partial charge is 0.300 e. The summed E-state index contributed by atoms with van der Waals surface area (Å²) in [4.78, 5) is 19.1. The van der Waals surface area contributed by atoms with Crippen molar-refractivity contribution < 1.29 is 19.7 Å². The van der Waals surface area contributed by atoms with Crippen LogP contribution in [-0.4, -0.2) is 23.8 Å². The standard InChI is InChI=1S/C18H36O2.C2H4O2/c1-2-3-4-5-6-7-8-9-10-11-12-13-14-15-18-16-17-19-20-18;1-2(3)4/h18H,2-17H2,1H3;1H3,(H,3,4). The van der Waals surface area contributed by atoms with Gasteiger partial charge in [-0.05, 0) is 6.42 Å². The van der Waals surface area contributed by atoms with Crippen molar-refractivity contribution in [3.63, 3.8) is 0 Å². The van der Waals surface area contributed by atoms with Gasteiger partial charge < -0.3 is 5.11 Å². The lowest BCUT2D eigenvalue weighted by atomic mass is 10.0. The highest BCUT2D eigenvalue weighted by atomic mass is 17.2. The van der Waals surface area contributed by atoms with E-state index in [9.17, 15) is 0 Å². The molecule has 0 bridgehead atoms. The average Bonchev–Trinajstić information content (AvgIpc) is 3.05. The van der Waals surface area contributed by atoms with Crippen LogP contribution in [0.1, 0.15) is 110 Å². The van der Waals surface area contributed by atoms with Gasteiger partial charge in [0.1, 0.15) is 0 Å². The summed E-state index contributed by atoms with van der Waals surface area (Å²) in [6, 6.07) is 0. The molecule has 1 rings (SSSR count). The highest BCUT2D eigenvalue weighted by Crippen LogP contribution is 2.17. The number of rotatable bonds is 14. The van der Waals surface area contributed by atoms with Gasteiger partial charge in [-0.25, -0.2) is 9.78 Å². The molecule has 1 heterocycles. The Morgan fingerprint density at radius 3 is 1.67 bits per heavy atom. The summed E-state index contributed by atoms with van der Waals surface area (Å²) in [5.74, 6) is -0.833. The van der Waals surface area contributed by atoms with Gasteiger partial charge in [-0.3, -0.25) is 4.79 Å². The van der Waals surface area contributed by atoms with E-state index < -0.39 is 5.97 Å². The largest absolute Gasteiger partial charge is 0.481 e. The van der Waals surface area contributed by atoms with Gasteiger partial charge in [0.2, 0.25) is 0 Å². The van der Waals surface area contributed by atoms with Crippen LogP contribution < -0.4 is 0 Å². The number of carboxylic acids is 1. The van der Waals surface area contributed by atoms with Crippen molar-refractivity contribution in [2.45, 2.75) is 116 Å². The Bertz CT molecular complexity index is 258. The van der Waals surface area contributed by atoms with Gasteiger partial charge in [0, 0.05) is 13.3 Å². The molecular formula is C20H40O4. The summed E-state index contributed by atoms with van der Waals surface area (Å²) in [6.07, 6.45) is 21.2. The van der Waals surface area contributed by atoms with Crippen molar-refractivity contribution in [1.29, 1.82) is 0 Å². The summed E-state index contributed by atoms with van der Waals surface area (Å²) in [5, 5.41) is 7.42. The Kier molecular flexibility index (Phi) is 18.2. The van der Waals surface area contributed by atoms with Gasteiger partial charge in [0.05, 0.1) is 12.7 Å². The van der Waals surface area contributed by atoms with Gasteiger partial charge in [-0.15, -0.1) is 0 Å². The third-order valence-corrected chi connectivity index (χ3v) is 4.36. The van der Waals surface area contributed by atoms with E-state index in [-0.39, 0.29) is 0 Å². The molecule has 24 heavy (non-hydrogen) atoms. The summed E-state index contributed by atoms with van der Waals surface area (Å²) in [5.41, 5.74) is 0.